The summed E-state index contributed by atoms with van der Waals surface area (Å²) < 4.78 is 5.34. The van der Waals surface area contributed by atoms with Crippen LogP contribution >= 0.6 is 0 Å². The van der Waals surface area contributed by atoms with E-state index in [1.807, 2.05) is 13.8 Å². The molecule has 1 heterocycles. The highest BCUT2D eigenvalue weighted by atomic mass is 16.5. The minimum absolute atomic E-state index is 0.0341. The highest BCUT2D eigenvalue weighted by molar-refractivity contribution is 5.84. The number of hydrogen-bond acceptors (Lipinski definition) is 4. The molecule has 0 radical (unpaired) electrons. The third kappa shape index (κ3) is 5.09. The molecule has 0 spiro atoms. The molecule has 0 unspecified atom stereocenters. The minimum Gasteiger partial charge on any atom is -0.482 e. The minimum atomic E-state index is -1.03. The number of carboxylic acids is 1. The van der Waals surface area contributed by atoms with Crippen molar-refractivity contribution >= 4 is 18.0 Å². The molecule has 0 aliphatic rings. The van der Waals surface area contributed by atoms with Crippen LogP contribution in [0.4, 0.5) is 0 Å². The second-order valence-corrected chi connectivity index (χ2v) is 3.95. The molecule has 0 aliphatic heterocycles. The maximum absolute atomic E-state index is 11.7. The highest BCUT2D eigenvalue weighted by Gasteiger charge is 2.09. The molecule has 0 fully saturated rings. The largest absolute Gasteiger partial charge is 0.482 e. The van der Waals surface area contributed by atoms with Gasteiger partial charge in [0.1, 0.15) is 5.75 Å². The lowest BCUT2D eigenvalue weighted by molar-refractivity contribution is -0.133. The van der Waals surface area contributed by atoms with Gasteiger partial charge in [-0.2, -0.15) is 0 Å². The molecule has 108 valence electrons. The molecule has 1 rings (SSSR count). The van der Waals surface area contributed by atoms with E-state index in [4.69, 9.17) is 9.84 Å². The van der Waals surface area contributed by atoms with Gasteiger partial charge < -0.3 is 14.7 Å². The van der Waals surface area contributed by atoms with Crippen molar-refractivity contribution in [2.24, 2.45) is 0 Å². The first-order valence-corrected chi connectivity index (χ1v) is 6.34. The van der Waals surface area contributed by atoms with Gasteiger partial charge in [0.25, 0.3) is 5.91 Å². The fourth-order valence-corrected chi connectivity index (χ4v) is 1.55. The Morgan fingerprint density at radius 3 is 2.55 bits per heavy atom. The lowest BCUT2D eigenvalue weighted by Crippen LogP contribution is -2.34. The predicted molar refractivity (Wildman–Crippen MR) is 74.3 cm³/mol. The predicted octanol–water partition coefficient (Wildman–Crippen LogP) is 1.43. The maximum atomic E-state index is 11.7. The fraction of sp³-hybridized carbons (Fsp3) is 0.357. The summed E-state index contributed by atoms with van der Waals surface area (Å²) >= 11 is 0. The second-order valence-electron chi connectivity index (χ2n) is 3.95. The van der Waals surface area contributed by atoms with Crippen LogP contribution in [0.1, 0.15) is 19.5 Å². The molecule has 1 aromatic heterocycles. The molecule has 6 nitrogen and oxygen atoms in total. The topological polar surface area (TPSA) is 79.7 Å². The third-order valence-corrected chi connectivity index (χ3v) is 2.63. The summed E-state index contributed by atoms with van der Waals surface area (Å²) in [7, 11) is 0. The van der Waals surface area contributed by atoms with E-state index >= 15 is 0 Å². The molecule has 0 bridgehead atoms. The van der Waals surface area contributed by atoms with Gasteiger partial charge in [-0.1, -0.05) is 0 Å². The van der Waals surface area contributed by atoms with Crippen LogP contribution < -0.4 is 4.74 Å². The smallest absolute Gasteiger partial charge is 0.328 e. The van der Waals surface area contributed by atoms with Crippen molar-refractivity contribution in [2.45, 2.75) is 13.8 Å². The van der Waals surface area contributed by atoms with Crippen molar-refractivity contribution in [3.05, 3.63) is 30.1 Å². The van der Waals surface area contributed by atoms with Gasteiger partial charge in [0, 0.05) is 19.2 Å². The summed E-state index contributed by atoms with van der Waals surface area (Å²) in [4.78, 5) is 27.8. The summed E-state index contributed by atoms with van der Waals surface area (Å²) in [5, 5.41) is 8.49. The zero-order valence-corrected chi connectivity index (χ0v) is 11.6. The van der Waals surface area contributed by atoms with E-state index in [0.717, 1.165) is 6.08 Å². The van der Waals surface area contributed by atoms with Gasteiger partial charge in [-0.3, -0.25) is 9.78 Å². The number of carbonyl (C=O) groups excluding carboxylic acids is 1. The van der Waals surface area contributed by atoms with E-state index in [2.05, 4.69) is 4.98 Å². The van der Waals surface area contributed by atoms with Crippen LogP contribution in [0.25, 0.3) is 6.08 Å². The van der Waals surface area contributed by atoms with Crippen LogP contribution in [0.3, 0.4) is 0 Å². The van der Waals surface area contributed by atoms with Gasteiger partial charge in [-0.05, 0) is 32.1 Å². The summed E-state index contributed by atoms with van der Waals surface area (Å²) in [6, 6.07) is 3.26. The number of likely N-dealkylation sites (N-methyl/N-ethyl adjacent to an activating group) is 1. The quantitative estimate of drug-likeness (QED) is 0.763. The average Bonchev–Trinajstić information content (AvgIpc) is 2.45. The first-order valence-electron chi connectivity index (χ1n) is 6.34. The number of pyridine rings is 1. The van der Waals surface area contributed by atoms with E-state index in [1.54, 1.807) is 17.0 Å². The molecule has 0 aliphatic carbocycles. The summed E-state index contributed by atoms with van der Waals surface area (Å²) in [6.45, 7) is 5.08. The number of carbonyl (C=O) groups is 2. The Labute approximate surface area is 117 Å². The molecule has 1 aromatic rings. The Morgan fingerprint density at radius 2 is 2.05 bits per heavy atom. The van der Waals surface area contributed by atoms with Gasteiger partial charge in [0.05, 0.1) is 11.9 Å². The van der Waals surface area contributed by atoms with Crippen molar-refractivity contribution in [1.82, 2.24) is 9.88 Å². The molecular weight excluding hydrogens is 260 g/mol. The molecule has 0 saturated heterocycles. The van der Waals surface area contributed by atoms with Crippen molar-refractivity contribution in [3.63, 3.8) is 0 Å². The van der Waals surface area contributed by atoms with Crippen LogP contribution in [0.2, 0.25) is 0 Å². The third-order valence-electron chi connectivity index (χ3n) is 2.63. The van der Waals surface area contributed by atoms with Gasteiger partial charge in [-0.25, -0.2) is 4.79 Å². The van der Waals surface area contributed by atoms with Crippen molar-refractivity contribution in [1.29, 1.82) is 0 Å². The highest BCUT2D eigenvalue weighted by Crippen LogP contribution is 2.10. The Hall–Kier alpha value is -2.37. The molecule has 20 heavy (non-hydrogen) atoms. The van der Waals surface area contributed by atoms with Crippen LogP contribution in [0.5, 0.6) is 5.75 Å². The monoisotopic (exact) mass is 278 g/mol. The SMILES string of the molecule is CCN(CC)C(=O)COc1ccc(C=CC(=O)O)nc1. The summed E-state index contributed by atoms with van der Waals surface area (Å²) in [5.41, 5.74) is 0.509. The zero-order chi connectivity index (χ0) is 15.0. The number of amides is 1. The fourth-order valence-electron chi connectivity index (χ4n) is 1.55. The zero-order valence-electron chi connectivity index (χ0n) is 11.6. The van der Waals surface area contributed by atoms with Gasteiger partial charge in [0.2, 0.25) is 0 Å². The van der Waals surface area contributed by atoms with Crippen LogP contribution in [-0.4, -0.2) is 46.6 Å². The lowest BCUT2D eigenvalue weighted by Gasteiger charge is -2.18. The first-order chi connectivity index (χ1) is 9.56. The van der Waals surface area contributed by atoms with Gasteiger partial charge in [-0.15, -0.1) is 0 Å². The van der Waals surface area contributed by atoms with E-state index in [1.165, 1.54) is 12.3 Å². The first kappa shape index (κ1) is 15.7. The summed E-state index contributed by atoms with van der Waals surface area (Å²) in [5.74, 6) is -0.639. The van der Waals surface area contributed by atoms with E-state index < -0.39 is 5.97 Å². The van der Waals surface area contributed by atoms with Crippen molar-refractivity contribution in [2.75, 3.05) is 19.7 Å². The lowest BCUT2D eigenvalue weighted by atomic mass is 10.3. The number of aromatic nitrogens is 1. The Kier molecular flexibility index (Phi) is 6.22. The number of hydrogen-bond donors (Lipinski definition) is 1. The number of carboxylic acid groups (broad SMARTS) is 1. The molecular formula is C14H18N2O4. The number of nitrogens with zero attached hydrogens (tertiary/aromatic N) is 2. The second kappa shape index (κ2) is 7.93. The molecule has 6 heteroatoms. The number of aliphatic carboxylic acids is 1. The van der Waals surface area contributed by atoms with Crippen molar-refractivity contribution in [3.8, 4) is 5.75 Å². The normalized spacial score (nSPS) is 10.5. The number of ether oxygens (including phenoxy) is 1. The van der Waals surface area contributed by atoms with Crippen LogP contribution in [0, 0.1) is 0 Å². The molecule has 1 amide bonds. The standard InChI is InChI=1S/C14H18N2O4/c1-3-16(4-2)13(17)10-20-12-7-5-11(15-9-12)6-8-14(18)19/h5-9H,3-4,10H2,1-2H3,(H,18,19). The Bertz CT molecular complexity index is 478. The maximum Gasteiger partial charge on any atom is 0.328 e. The molecule has 0 saturated carbocycles. The summed E-state index contributed by atoms with van der Waals surface area (Å²) in [6.07, 6.45) is 3.84. The molecule has 0 aromatic carbocycles. The Balaban J connectivity index is 2.53. The van der Waals surface area contributed by atoms with E-state index in [-0.39, 0.29) is 12.5 Å². The molecule has 1 N–H and O–H groups in total. The average molecular weight is 278 g/mol. The number of rotatable bonds is 7. The van der Waals surface area contributed by atoms with E-state index in [0.29, 0.717) is 24.5 Å². The Morgan fingerprint density at radius 1 is 1.35 bits per heavy atom. The van der Waals surface area contributed by atoms with Crippen LogP contribution in [0.15, 0.2) is 24.4 Å². The van der Waals surface area contributed by atoms with Crippen molar-refractivity contribution < 1.29 is 19.4 Å². The van der Waals surface area contributed by atoms with Gasteiger partial charge >= 0.3 is 5.97 Å². The van der Waals surface area contributed by atoms with Gasteiger partial charge in [0.15, 0.2) is 6.61 Å². The molecule has 0 atom stereocenters. The van der Waals surface area contributed by atoms with Crippen LogP contribution in [-0.2, 0) is 9.59 Å². The van der Waals surface area contributed by atoms with E-state index in [9.17, 15) is 9.59 Å².